The zero-order chi connectivity index (χ0) is 14.6. The van der Waals surface area contributed by atoms with Gasteiger partial charge in [-0.05, 0) is 42.3 Å². The van der Waals surface area contributed by atoms with Gasteiger partial charge in [-0.2, -0.15) is 0 Å². The van der Waals surface area contributed by atoms with Crippen LogP contribution in [0.25, 0.3) is 0 Å². The second-order valence-corrected chi connectivity index (χ2v) is 6.60. The zero-order valence-electron chi connectivity index (χ0n) is 11.2. The predicted octanol–water partition coefficient (Wildman–Crippen LogP) is 2.29. The number of methoxy groups -OCH3 is 1. The van der Waals surface area contributed by atoms with Crippen molar-refractivity contribution >= 4 is 15.5 Å². The molecule has 0 saturated heterocycles. The van der Waals surface area contributed by atoms with Gasteiger partial charge in [-0.15, -0.1) is 0 Å². The molecule has 2 N–H and O–H groups in total. The molecule has 0 bridgehead atoms. The van der Waals surface area contributed by atoms with E-state index in [0.717, 1.165) is 5.56 Å². The van der Waals surface area contributed by atoms with E-state index in [-0.39, 0.29) is 10.6 Å². The lowest BCUT2D eigenvalue weighted by Crippen LogP contribution is -2.09. The van der Waals surface area contributed by atoms with Crippen molar-refractivity contribution in [3.8, 4) is 5.75 Å². The summed E-state index contributed by atoms with van der Waals surface area (Å²) in [5, 5.41) is 0. The number of rotatable bonds is 5. The largest absolute Gasteiger partial charge is 0.497 e. The van der Waals surface area contributed by atoms with Crippen molar-refractivity contribution in [2.24, 2.45) is 0 Å². The summed E-state index contributed by atoms with van der Waals surface area (Å²) in [5.41, 5.74) is 7.22. The van der Waals surface area contributed by atoms with E-state index in [1.54, 1.807) is 30.3 Å². The van der Waals surface area contributed by atoms with E-state index < -0.39 is 9.84 Å². The Morgan fingerprint density at radius 1 is 1.10 bits per heavy atom. The molecule has 0 aromatic heterocycles. The lowest BCUT2D eigenvalue weighted by molar-refractivity contribution is 0.413. The Bertz CT molecular complexity index is 679. The van der Waals surface area contributed by atoms with Crippen molar-refractivity contribution in [2.45, 2.75) is 11.3 Å². The molecule has 0 spiro atoms. The fourth-order valence-electron chi connectivity index (χ4n) is 1.85. The highest BCUT2D eigenvalue weighted by Crippen LogP contribution is 2.19. The molecule has 2 aromatic rings. The van der Waals surface area contributed by atoms with Gasteiger partial charge in [0.2, 0.25) is 0 Å². The highest BCUT2D eigenvalue weighted by atomic mass is 32.2. The third kappa shape index (κ3) is 3.51. The monoisotopic (exact) mass is 291 g/mol. The van der Waals surface area contributed by atoms with Gasteiger partial charge in [0.05, 0.1) is 17.8 Å². The van der Waals surface area contributed by atoms with Crippen molar-refractivity contribution in [3.63, 3.8) is 0 Å². The van der Waals surface area contributed by atoms with Crippen LogP contribution in [0.5, 0.6) is 5.75 Å². The normalized spacial score (nSPS) is 11.2. The molecule has 0 aliphatic rings. The molecule has 106 valence electrons. The quantitative estimate of drug-likeness (QED) is 0.858. The first-order chi connectivity index (χ1) is 9.51. The first-order valence-electron chi connectivity index (χ1n) is 6.22. The maximum absolute atomic E-state index is 12.3. The molecule has 0 heterocycles. The van der Waals surface area contributed by atoms with Gasteiger partial charge >= 0.3 is 0 Å². The molecule has 0 radical (unpaired) electrons. The molecule has 0 aliphatic carbocycles. The number of sulfone groups is 1. The van der Waals surface area contributed by atoms with Gasteiger partial charge in [0.25, 0.3) is 0 Å². The minimum absolute atomic E-state index is 0.0596. The smallest absolute Gasteiger partial charge is 0.178 e. The van der Waals surface area contributed by atoms with E-state index in [1.807, 2.05) is 12.1 Å². The summed E-state index contributed by atoms with van der Waals surface area (Å²) < 4.78 is 29.6. The van der Waals surface area contributed by atoms with Gasteiger partial charge in [-0.25, -0.2) is 8.42 Å². The molecule has 0 atom stereocenters. The Kier molecular flexibility index (Phi) is 4.29. The van der Waals surface area contributed by atoms with Gasteiger partial charge < -0.3 is 10.5 Å². The number of ether oxygens (including phenoxy) is 1. The van der Waals surface area contributed by atoms with Crippen molar-refractivity contribution in [1.29, 1.82) is 0 Å². The number of anilines is 1. The van der Waals surface area contributed by atoms with Crippen LogP contribution in [-0.4, -0.2) is 21.3 Å². The molecule has 5 heteroatoms. The van der Waals surface area contributed by atoms with Gasteiger partial charge in [-0.1, -0.05) is 18.2 Å². The first kappa shape index (κ1) is 14.4. The van der Waals surface area contributed by atoms with Crippen LogP contribution < -0.4 is 10.5 Å². The molecule has 2 rings (SSSR count). The lowest BCUT2D eigenvalue weighted by Gasteiger charge is -2.07. The second-order valence-electron chi connectivity index (χ2n) is 4.49. The Morgan fingerprint density at radius 3 is 2.45 bits per heavy atom. The molecule has 2 aromatic carbocycles. The molecule has 0 fully saturated rings. The molecule has 0 unspecified atom stereocenters. The predicted molar refractivity (Wildman–Crippen MR) is 79.6 cm³/mol. The minimum atomic E-state index is -3.31. The van der Waals surface area contributed by atoms with Crippen LogP contribution >= 0.6 is 0 Å². The number of benzene rings is 2. The molecule has 0 aliphatic heterocycles. The van der Waals surface area contributed by atoms with Crippen LogP contribution in [0.4, 0.5) is 5.69 Å². The SMILES string of the molecule is COc1cccc(S(=O)(=O)CCc2ccc(N)cc2)c1. The molecular weight excluding hydrogens is 274 g/mol. The lowest BCUT2D eigenvalue weighted by atomic mass is 10.2. The molecule has 20 heavy (non-hydrogen) atoms. The number of hydrogen-bond donors (Lipinski definition) is 1. The standard InChI is InChI=1S/C15H17NO3S/c1-19-14-3-2-4-15(11-14)20(17,18)10-9-12-5-7-13(16)8-6-12/h2-8,11H,9-10,16H2,1H3. The Labute approximate surface area is 119 Å². The minimum Gasteiger partial charge on any atom is -0.497 e. The van der Waals surface area contributed by atoms with E-state index in [0.29, 0.717) is 17.9 Å². The summed E-state index contributed by atoms with van der Waals surface area (Å²) >= 11 is 0. The van der Waals surface area contributed by atoms with Gasteiger partial charge in [-0.3, -0.25) is 0 Å². The van der Waals surface area contributed by atoms with E-state index in [4.69, 9.17) is 10.5 Å². The molecular formula is C15H17NO3S. The topological polar surface area (TPSA) is 69.4 Å². The van der Waals surface area contributed by atoms with Gasteiger partial charge in [0.15, 0.2) is 9.84 Å². The van der Waals surface area contributed by atoms with Crippen LogP contribution in [0.1, 0.15) is 5.56 Å². The van der Waals surface area contributed by atoms with Crippen molar-refractivity contribution in [3.05, 3.63) is 54.1 Å². The molecule has 4 nitrogen and oxygen atoms in total. The second kappa shape index (κ2) is 5.96. The Balaban J connectivity index is 2.12. The van der Waals surface area contributed by atoms with Crippen LogP contribution in [0.15, 0.2) is 53.4 Å². The van der Waals surface area contributed by atoms with Crippen molar-refractivity contribution < 1.29 is 13.2 Å². The van der Waals surface area contributed by atoms with Gasteiger partial charge in [0, 0.05) is 5.69 Å². The number of nitrogens with two attached hydrogens (primary N) is 1. The highest BCUT2D eigenvalue weighted by Gasteiger charge is 2.15. The summed E-state index contributed by atoms with van der Waals surface area (Å²) in [6.07, 6.45) is 0.458. The molecule has 0 saturated carbocycles. The Hall–Kier alpha value is -2.01. The van der Waals surface area contributed by atoms with E-state index in [2.05, 4.69) is 0 Å². The summed E-state index contributed by atoms with van der Waals surface area (Å²) in [6, 6.07) is 13.8. The van der Waals surface area contributed by atoms with Crippen LogP contribution in [0, 0.1) is 0 Å². The number of hydrogen-bond acceptors (Lipinski definition) is 4. The Morgan fingerprint density at radius 2 is 1.80 bits per heavy atom. The van der Waals surface area contributed by atoms with Crippen LogP contribution in [-0.2, 0) is 16.3 Å². The van der Waals surface area contributed by atoms with Crippen molar-refractivity contribution in [2.75, 3.05) is 18.6 Å². The maximum Gasteiger partial charge on any atom is 0.178 e. The third-order valence-electron chi connectivity index (χ3n) is 3.04. The average molecular weight is 291 g/mol. The zero-order valence-corrected chi connectivity index (χ0v) is 12.1. The molecule has 0 amide bonds. The van der Waals surface area contributed by atoms with E-state index >= 15 is 0 Å². The summed E-state index contributed by atoms with van der Waals surface area (Å²) in [6.45, 7) is 0. The number of aryl methyl sites for hydroxylation is 1. The average Bonchev–Trinajstić information content (AvgIpc) is 2.47. The van der Waals surface area contributed by atoms with Crippen molar-refractivity contribution in [1.82, 2.24) is 0 Å². The number of nitrogen functional groups attached to an aromatic ring is 1. The fraction of sp³-hybridized carbons (Fsp3) is 0.200. The van der Waals surface area contributed by atoms with E-state index in [9.17, 15) is 8.42 Å². The summed E-state index contributed by atoms with van der Waals surface area (Å²) in [7, 11) is -1.80. The van der Waals surface area contributed by atoms with E-state index in [1.165, 1.54) is 13.2 Å². The van der Waals surface area contributed by atoms with Gasteiger partial charge in [0.1, 0.15) is 5.75 Å². The van der Waals surface area contributed by atoms with Crippen LogP contribution in [0.3, 0.4) is 0 Å². The first-order valence-corrected chi connectivity index (χ1v) is 7.88. The summed E-state index contributed by atoms with van der Waals surface area (Å²) in [5.74, 6) is 0.600. The highest BCUT2D eigenvalue weighted by molar-refractivity contribution is 7.91. The fourth-order valence-corrected chi connectivity index (χ4v) is 3.17. The maximum atomic E-state index is 12.3. The van der Waals surface area contributed by atoms with Crippen LogP contribution in [0.2, 0.25) is 0 Å². The summed E-state index contributed by atoms with van der Waals surface area (Å²) in [4.78, 5) is 0.285. The third-order valence-corrected chi connectivity index (χ3v) is 4.75.